The third-order valence-electron chi connectivity index (χ3n) is 3.86. The first-order valence-electron chi connectivity index (χ1n) is 8.22. The van der Waals surface area contributed by atoms with Gasteiger partial charge in [-0.05, 0) is 30.7 Å². The van der Waals surface area contributed by atoms with E-state index in [1.807, 2.05) is 5.48 Å². The number of pyridine rings is 1. The number of hydrogen-bond acceptors (Lipinski definition) is 6. The lowest BCUT2D eigenvalue weighted by atomic mass is 10.1. The van der Waals surface area contributed by atoms with Gasteiger partial charge in [0.05, 0.1) is 30.2 Å². The Kier molecular flexibility index (Phi) is 5.66. The van der Waals surface area contributed by atoms with Crippen molar-refractivity contribution in [3.63, 3.8) is 0 Å². The van der Waals surface area contributed by atoms with Crippen LogP contribution in [0.4, 0.5) is 28.9 Å². The fraction of sp³-hybridized carbons (Fsp3) is 0.235. The Morgan fingerprint density at radius 1 is 1.31 bits per heavy atom. The number of aromatic nitrogens is 3. The van der Waals surface area contributed by atoms with Crippen molar-refractivity contribution in [2.45, 2.75) is 13.1 Å². The summed E-state index contributed by atoms with van der Waals surface area (Å²) in [7, 11) is 0. The number of aliphatic hydroxyl groups excluding tert-OH is 1. The zero-order valence-electron chi connectivity index (χ0n) is 14.9. The molecule has 12 heteroatoms. The lowest BCUT2D eigenvalue weighted by molar-refractivity contribution is -0.142. The zero-order valence-corrected chi connectivity index (χ0v) is 14.9. The number of aryl methyl sites for hydroxylation is 1. The first-order valence-corrected chi connectivity index (χ1v) is 8.22. The van der Waals surface area contributed by atoms with Gasteiger partial charge in [0.15, 0.2) is 5.65 Å². The zero-order chi connectivity index (χ0) is 21.2. The summed E-state index contributed by atoms with van der Waals surface area (Å²) in [6.07, 6.45) is -3.99. The average Bonchev–Trinajstić information content (AvgIpc) is 3.12. The predicted molar refractivity (Wildman–Crippen MR) is 92.9 cm³/mol. The Morgan fingerprint density at radius 2 is 2.07 bits per heavy atom. The Balaban J connectivity index is 2.16. The number of alkyl halides is 3. The molecule has 0 aliphatic carbocycles. The minimum absolute atomic E-state index is 0.0782. The van der Waals surface area contributed by atoms with Gasteiger partial charge in [0.25, 0.3) is 5.91 Å². The Morgan fingerprint density at radius 3 is 2.72 bits per heavy atom. The van der Waals surface area contributed by atoms with Crippen molar-refractivity contribution >= 4 is 22.9 Å². The van der Waals surface area contributed by atoms with Crippen LogP contribution in [0.2, 0.25) is 0 Å². The maximum atomic E-state index is 14.3. The van der Waals surface area contributed by atoms with Crippen molar-refractivity contribution in [3.05, 3.63) is 53.2 Å². The number of benzene rings is 1. The summed E-state index contributed by atoms with van der Waals surface area (Å²) in [5.74, 6) is -1.73. The number of nitrogens with one attached hydrogen (secondary N) is 2. The first kappa shape index (κ1) is 20.5. The summed E-state index contributed by atoms with van der Waals surface area (Å²) < 4.78 is 55.3. The summed E-state index contributed by atoms with van der Waals surface area (Å²) in [6, 6.07) is 4.75. The van der Waals surface area contributed by atoms with Crippen LogP contribution in [0.5, 0.6) is 0 Å². The predicted octanol–water partition coefficient (Wildman–Crippen LogP) is 2.59. The van der Waals surface area contributed by atoms with Gasteiger partial charge in [0.2, 0.25) is 0 Å². The number of nitrogens with zero attached hydrogens (tertiary/aromatic N) is 3. The van der Waals surface area contributed by atoms with Crippen LogP contribution in [-0.2, 0) is 11.0 Å². The highest BCUT2D eigenvalue weighted by molar-refractivity contribution is 6.03. The molecule has 0 unspecified atom stereocenters. The number of rotatable bonds is 6. The molecule has 0 aliphatic rings. The van der Waals surface area contributed by atoms with Gasteiger partial charge in [0, 0.05) is 0 Å². The van der Waals surface area contributed by atoms with Crippen LogP contribution in [0.3, 0.4) is 0 Å². The van der Waals surface area contributed by atoms with E-state index in [2.05, 4.69) is 20.4 Å². The molecular formula is C17H15F4N5O3. The van der Waals surface area contributed by atoms with Crippen LogP contribution >= 0.6 is 0 Å². The molecule has 3 aromatic rings. The molecule has 0 bridgehead atoms. The van der Waals surface area contributed by atoms with E-state index < -0.39 is 35.8 Å². The number of hydrogen-bond donors (Lipinski definition) is 3. The van der Waals surface area contributed by atoms with Gasteiger partial charge in [-0.3, -0.25) is 14.0 Å². The molecule has 0 saturated carbocycles. The molecule has 3 N–H and O–H groups in total. The molecule has 1 aromatic carbocycles. The number of carbonyl (C=O) groups is 1. The van der Waals surface area contributed by atoms with E-state index in [0.29, 0.717) is 16.0 Å². The van der Waals surface area contributed by atoms with Crippen molar-refractivity contribution in [2.75, 3.05) is 18.5 Å². The molecule has 0 fully saturated rings. The molecule has 0 aliphatic heterocycles. The Hall–Kier alpha value is -3.25. The SMILES string of the molecule is Cc1ccc(Nc2c(C(=O)NOCCO)cc(C(F)(F)F)n3cnnc23)c(F)c1. The number of aliphatic hydroxyl groups is 1. The Labute approximate surface area is 161 Å². The molecular weight excluding hydrogens is 398 g/mol. The number of amides is 1. The number of hydroxylamine groups is 1. The van der Waals surface area contributed by atoms with E-state index >= 15 is 0 Å². The molecule has 29 heavy (non-hydrogen) atoms. The van der Waals surface area contributed by atoms with E-state index in [1.54, 1.807) is 13.0 Å². The maximum absolute atomic E-state index is 14.3. The molecule has 2 aromatic heterocycles. The first-order chi connectivity index (χ1) is 13.7. The van der Waals surface area contributed by atoms with Crippen LogP contribution in [0, 0.1) is 12.7 Å². The van der Waals surface area contributed by atoms with Crippen LogP contribution in [0.1, 0.15) is 21.6 Å². The van der Waals surface area contributed by atoms with Crippen molar-refractivity contribution in [1.29, 1.82) is 0 Å². The van der Waals surface area contributed by atoms with Gasteiger partial charge in [-0.2, -0.15) is 13.2 Å². The minimum atomic E-state index is -4.82. The maximum Gasteiger partial charge on any atom is 0.431 e. The van der Waals surface area contributed by atoms with E-state index in [9.17, 15) is 22.4 Å². The molecule has 154 valence electrons. The van der Waals surface area contributed by atoms with Crippen molar-refractivity contribution in [3.8, 4) is 0 Å². The van der Waals surface area contributed by atoms with Crippen LogP contribution in [0.15, 0.2) is 30.6 Å². The molecule has 0 atom stereocenters. The second-order valence-corrected chi connectivity index (χ2v) is 5.95. The second-order valence-electron chi connectivity index (χ2n) is 5.95. The van der Waals surface area contributed by atoms with Crippen LogP contribution in [-0.4, -0.2) is 38.8 Å². The van der Waals surface area contributed by atoms with Gasteiger partial charge in [-0.15, -0.1) is 10.2 Å². The summed E-state index contributed by atoms with van der Waals surface area (Å²) >= 11 is 0. The lowest BCUT2D eigenvalue weighted by Gasteiger charge is -2.17. The fourth-order valence-corrected chi connectivity index (χ4v) is 2.57. The molecule has 0 spiro atoms. The third-order valence-corrected chi connectivity index (χ3v) is 3.86. The van der Waals surface area contributed by atoms with Crippen LogP contribution < -0.4 is 10.8 Å². The van der Waals surface area contributed by atoms with E-state index in [1.165, 1.54) is 12.1 Å². The van der Waals surface area contributed by atoms with Gasteiger partial charge in [0.1, 0.15) is 17.8 Å². The van der Waals surface area contributed by atoms with Crippen LogP contribution in [0.25, 0.3) is 5.65 Å². The Bertz CT molecular complexity index is 1050. The normalized spacial score (nSPS) is 11.7. The van der Waals surface area contributed by atoms with Crippen molar-refractivity contribution < 1.29 is 32.3 Å². The standard InChI is InChI=1S/C17H15F4N5O3/c1-9-2-3-12(11(18)6-9)23-14-10(16(28)25-29-5-4-27)7-13(17(19,20)21)26-8-22-24-15(14)26/h2-3,6-8,23,27H,4-5H2,1H3,(H,25,28). The van der Waals surface area contributed by atoms with Gasteiger partial charge in [-0.25, -0.2) is 9.87 Å². The molecule has 0 radical (unpaired) electrons. The number of fused-ring (bicyclic) bond motifs is 1. The minimum Gasteiger partial charge on any atom is -0.394 e. The van der Waals surface area contributed by atoms with E-state index in [4.69, 9.17) is 5.11 Å². The molecule has 0 saturated heterocycles. The van der Waals surface area contributed by atoms with Crippen molar-refractivity contribution in [1.82, 2.24) is 20.1 Å². The quantitative estimate of drug-likeness (QED) is 0.326. The number of carbonyl (C=O) groups excluding carboxylic acids is 1. The lowest BCUT2D eigenvalue weighted by Crippen LogP contribution is -2.27. The van der Waals surface area contributed by atoms with Gasteiger partial charge < -0.3 is 10.4 Å². The van der Waals surface area contributed by atoms with E-state index in [0.717, 1.165) is 6.33 Å². The summed E-state index contributed by atoms with van der Waals surface area (Å²) in [6.45, 7) is 0.969. The van der Waals surface area contributed by atoms with Crippen molar-refractivity contribution in [2.24, 2.45) is 0 Å². The van der Waals surface area contributed by atoms with Gasteiger partial charge in [-0.1, -0.05) is 6.07 Å². The highest BCUT2D eigenvalue weighted by atomic mass is 19.4. The van der Waals surface area contributed by atoms with Gasteiger partial charge >= 0.3 is 6.18 Å². The molecule has 1 amide bonds. The number of anilines is 2. The third kappa shape index (κ3) is 4.27. The topological polar surface area (TPSA) is 101 Å². The molecule has 2 heterocycles. The number of halogens is 4. The van der Waals surface area contributed by atoms with E-state index in [-0.39, 0.29) is 23.6 Å². The highest BCUT2D eigenvalue weighted by Crippen LogP contribution is 2.35. The fourth-order valence-electron chi connectivity index (χ4n) is 2.57. The second kappa shape index (κ2) is 8.01. The smallest absolute Gasteiger partial charge is 0.394 e. The molecule has 3 rings (SSSR count). The largest absolute Gasteiger partial charge is 0.431 e. The average molecular weight is 413 g/mol. The highest BCUT2D eigenvalue weighted by Gasteiger charge is 2.36. The molecule has 8 nitrogen and oxygen atoms in total. The summed E-state index contributed by atoms with van der Waals surface area (Å²) in [5, 5.41) is 18.4. The summed E-state index contributed by atoms with van der Waals surface area (Å²) in [5.41, 5.74) is 0.220. The summed E-state index contributed by atoms with van der Waals surface area (Å²) in [4.78, 5) is 17.1. The monoisotopic (exact) mass is 413 g/mol.